The molecule has 1 aliphatic rings. The number of ketones is 1. The predicted octanol–water partition coefficient (Wildman–Crippen LogP) is 4.75. The molecular formula is C22H16O3. The van der Waals surface area contributed by atoms with Gasteiger partial charge in [0.15, 0.2) is 17.6 Å². The van der Waals surface area contributed by atoms with Gasteiger partial charge in [-0.15, -0.1) is 0 Å². The first-order valence-electron chi connectivity index (χ1n) is 8.10. The highest BCUT2D eigenvalue weighted by Gasteiger charge is 2.30. The lowest BCUT2D eigenvalue weighted by molar-refractivity contribution is 0.0863. The summed E-state index contributed by atoms with van der Waals surface area (Å²) in [7, 11) is 0. The Morgan fingerprint density at radius 2 is 1.32 bits per heavy atom. The molecule has 4 rings (SSSR count). The smallest absolute Gasteiger partial charge is 0.208 e. The van der Waals surface area contributed by atoms with E-state index in [4.69, 9.17) is 9.47 Å². The summed E-state index contributed by atoms with van der Waals surface area (Å²) in [5.74, 6) is 1.05. The van der Waals surface area contributed by atoms with Crippen LogP contribution in [0.25, 0.3) is 5.57 Å². The Hall–Kier alpha value is -3.33. The maximum atomic E-state index is 13.1. The van der Waals surface area contributed by atoms with Gasteiger partial charge in [-0.3, -0.25) is 4.79 Å². The number of hydrogen-bond donors (Lipinski definition) is 0. The lowest BCUT2D eigenvalue weighted by Gasteiger charge is -2.19. The van der Waals surface area contributed by atoms with Gasteiger partial charge >= 0.3 is 0 Å². The van der Waals surface area contributed by atoms with E-state index in [1.165, 1.54) is 0 Å². The molecule has 3 nitrogen and oxygen atoms in total. The van der Waals surface area contributed by atoms with E-state index in [2.05, 4.69) is 0 Å². The minimum Gasteiger partial charge on any atom is -0.473 e. The number of benzene rings is 3. The molecule has 3 heteroatoms. The van der Waals surface area contributed by atoms with E-state index in [-0.39, 0.29) is 5.78 Å². The number of hydrogen-bond acceptors (Lipinski definition) is 3. The first kappa shape index (κ1) is 15.2. The molecule has 0 aliphatic carbocycles. The van der Waals surface area contributed by atoms with Crippen molar-refractivity contribution in [2.75, 3.05) is 0 Å². The van der Waals surface area contributed by atoms with Gasteiger partial charge in [0.2, 0.25) is 5.78 Å². The number of fused-ring (bicyclic) bond motifs is 1. The lowest BCUT2D eigenvalue weighted by Crippen LogP contribution is -2.28. The first-order valence-corrected chi connectivity index (χ1v) is 8.10. The molecule has 1 aliphatic heterocycles. The molecule has 0 N–H and O–H groups in total. The van der Waals surface area contributed by atoms with E-state index < -0.39 is 6.10 Å². The van der Waals surface area contributed by atoms with Crippen molar-refractivity contribution < 1.29 is 14.3 Å². The fourth-order valence-corrected chi connectivity index (χ4v) is 2.82. The summed E-state index contributed by atoms with van der Waals surface area (Å²) in [6.45, 7) is 0. The summed E-state index contributed by atoms with van der Waals surface area (Å²) in [5.41, 5.74) is 2.20. The van der Waals surface area contributed by atoms with Gasteiger partial charge in [-0.05, 0) is 17.7 Å². The second kappa shape index (κ2) is 6.65. The largest absolute Gasteiger partial charge is 0.473 e. The SMILES string of the molecule is O=C(c1ccccc1)[C@@H]1Oc2ccccc2OC=C1c1ccccc1. The molecule has 25 heavy (non-hydrogen) atoms. The number of rotatable bonds is 3. The summed E-state index contributed by atoms with van der Waals surface area (Å²) >= 11 is 0. The van der Waals surface area contributed by atoms with Crippen molar-refractivity contribution in [1.82, 2.24) is 0 Å². The highest BCUT2D eigenvalue weighted by atomic mass is 16.5. The van der Waals surface area contributed by atoms with Gasteiger partial charge in [0, 0.05) is 11.1 Å². The van der Waals surface area contributed by atoms with E-state index >= 15 is 0 Å². The van der Waals surface area contributed by atoms with Crippen molar-refractivity contribution in [2.24, 2.45) is 0 Å². The molecule has 0 bridgehead atoms. The lowest BCUT2D eigenvalue weighted by atomic mass is 9.95. The number of carbonyl (C=O) groups excluding carboxylic acids is 1. The molecule has 122 valence electrons. The third-order valence-electron chi connectivity index (χ3n) is 4.09. The van der Waals surface area contributed by atoms with Crippen molar-refractivity contribution >= 4 is 11.4 Å². The fourth-order valence-electron chi connectivity index (χ4n) is 2.82. The van der Waals surface area contributed by atoms with E-state index in [0.717, 1.165) is 5.56 Å². The second-order valence-corrected chi connectivity index (χ2v) is 5.73. The molecule has 0 saturated heterocycles. The Bertz CT molecular complexity index is 914. The molecule has 0 radical (unpaired) electrons. The van der Waals surface area contributed by atoms with Crippen LogP contribution in [0.1, 0.15) is 15.9 Å². The van der Waals surface area contributed by atoms with Gasteiger partial charge in [0.05, 0.1) is 6.26 Å². The number of ether oxygens (including phenoxy) is 2. The molecule has 0 aromatic heterocycles. The number of carbonyl (C=O) groups is 1. The molecule has 0 spiro atoms. The maximum Gasteiger partial charge on any atom is 0.208 e. The Kier molecular flexibility index (Phi) is 4.05. The van der Waals surface area contributed by atoms with Crippen LogP contribution in [0.5, 0.6) is 11.5 Å². The fraction of sp³-hybridized carbons (Fsp3) is 0.0455. The van der Waals surface area contributed by atoms with Crippen molar-refractivity contribution in [1.29, 1.82) is 0 Å². The van der Waals surface area contributed by atoms with Crippen LogP contribution in [0.2, 0.25) is 0 Å². The minimum absolute atomic E-state index is 0.101. The topological polar surface area (TPSA) is 35.5 Å². The molecule has 0 unspecified atom stereocenters. The molecule has 1 atom stereocenters. The zero-order chi connectivity index (χ0) is 17.1. The Morgan fingerprint density at radius 1 is 0.720 bits per heavy atom. The van der Waals surface area contributed by atoms with Gasteiger partial charge in [0.1, 0.15) is 0 Å². The average Bonchev–Trinajstić information content (AvgIpc) is 2.88. The molecule has 0 amide bonds. The van der Waals surface area contributed by atoms with Crippen LogP contribution < -0.4 is 9.47 Å². The highest BCUT2D eigenvalue weighted by molar-refractivity contribution is 6.07. The van der Waals surface area contributed by atoms with Crippen molar-refractivity contribution in [3.8, 4) is 11.5 Å². The quantitative estimate of drug-likeness (QED) is 0.651. The summed E-state index contributed by atoms with van der Waals surface area (Å²) < 4.78 is 11.9. The van der Waals surface area contributed by atoms with Crippen LogP contribution in [0.15, 0.2) is 91.2 Å². The van der Waals surface area contributed by atoms with Crippen LogP contribution in [-0.4, -0.2) is 11.9 Å². The van der Waals surface area contributed by atoms with E-state index in [1.807, 2.05) is 72.8 Å². The van der Waals surface area contributed by atoms with Gasteiger partial charge in [-0.1, -0.05) is 72.8 Å². The van der Waals surface area contributed by atoms with E-state index in [9.17, 15) is 4.79 Å². The minimum atomic E-state index is -0.770. The first-order chi connectivity index (χ1) is 12.3. The molecule has 3 aromatic rings. The monoisotopic (exact) mass is 328 g/mol. The summed E-state index contributed by atoms with van der Waals surface area (Å²) in [6.07, 6.45) is 0.848. The standard InChI is InChI=1S/C22H16O3/c23-21(17-11-5-2-6-12-17)22-18(16-9-3-1-4-10-16)15-24-19-13-7-8-14-20(19)25-22/h1-15,22H/t22-/m1/s1. The van der Waals surface area contributed by atoms with Crippen LogP contribution in [0.3, 0.4) is 0 Å². The summed E-state index contributed by atoms with van der Waals surface area (Å²) in [5, 5.41) is 0. The number of Topliss-reactive ketones (excluding diaryl/α,β-unsaturated/α-hetero) is 1. The third kappa shape index (κ3) is 3.04. The predicted molar refractivity (Wildman–Crippen MR) is 96.7 cm³/mol. The zero-order valence-corrected chi connectivity index (χ0v) is 13.5. The number of para-hydroxylation sites is 2. The highest BCUT2D eigenvalue weighted by Crippen LogP contribution is 2.35. The Labute approximate surface area is 146 Å². The summed E-state index contributed by atoms with van der Waals surface area (Å²) in [6, 6.07) is 26.2. The van der Waals surface area contributed by atoms with Crippen LogP contribution >= 0.6 is 0 Å². The van der Waals surface area contributed by atoms with Crippen molar-refractivity contribution in [2.45, 2.75) is 6.10 Å². The molecule has 0 fully saturated rings. The van der Waals surface area contributed by atoms with Gasteiger partial charge in [-0.2, -0.15) is 0 Å². The summed E-state index contributed by atoms with van der Waals surface area (Å²) in [4.78, 5) is 13.1. The Balaban J connectivity index is 1.80. The van der Waals surface area contributed by atoms with Crippen LogP contribution in [-0.2, 0) is 0 Å². The van der Waals surface area contributed by atoms with Gasteiger partial charge in [-0.25, -0.2) is 0 Å². The maximum absolute atomic E-state index is 13.1. The molecule has 0 saturated carbocycles. The second-order valence-electron chi connectivity index (χ2n) is 5.73. The van der Waals surface area contributed by atoms with Crippen LogP contribution in [0.4, 0.5) is 0 Å². The van der Waals surface area contributed by atoms with Gasteiger partial charge in [0.25, 0.3) is 0 Å². The van der Waals surface area contributed by atoms with Crippen molar-refractivity contribution in [3.63, 3.8) is 0 Å². The third-order valence-corrected chi connectivity index (χ3v) is 4.09. The molecule has 1 heterocycles. The van der Waals surface area contributed by atoms with Crippen molar-refractivity contribution in [3.05, 3.63) is 102 Å². The normalized spacial score (nSPS) is 15.8. The van der Waals surface area contributed by atoms with E-state index in [0.29, 0.717) is 22.6 Å². The van der Waals surface area contributed by atoms with Crippen LogP contribution in [0, 0.1) is 0 Å². The van der Waals surface area contributed by atoms with E-state index in [1.54, 1.807) is 18.4 Å². The Morgan fingerprint density at radius 3 is 2.04 bits per heavy atom. The van der Waals surface area contributed by atoms with Gasteiger partial charge < -0.3 is 9.47 Å². The zero-order valence-electron chi connectivity index (χ0n) is 13.5. The average molecular weight is 328 g/mol. The molecule has 3 aromatic carbocycles. The molecular weight excluding hydrogens is 312 g/mol.